The summed E-state index contributed by atoms with van der Waals surface area (Å²) in [7, 11) is 0. The van der Waals surface area contributed by atoms with Crippen LogP contribution in [0.15, 0.2) is 163 Å². The van der Waals surface area contributed by atoms with Gasteiger partial charge in [0.1, 0.15) is 36.2 Å². The van der Waals surface area contributed by atoms with Crippen molar-refractivity contribution in [1.29, 1.82) is 5.26 Å². The van der Waals surface area contributed by atoms with Crippen LogP contribution in [0, 0.1) is 39.2 Å². The van der Waals surface area contributed by atoms with E-state index in [1.165, 1.54) is 12.1 Å². The molecule has 1 saturated carbocycles. The minimum Gasteiger partial charge on any atom is -0.459 e. The highest BCUT2D eigenvalue weighted by atomic mass is 16.7. The zero-order chi connectivity index (χ0) is 51.6. The Kier molecular flexibility index (Phi) is 16.0. The van der Waals surface area contributed by atoms with E-state index in [4.69, 9.17) is 24.2 Å². The lowest BCUT2D eigenvalue weighted by Crippen LogP contribution is -2.70. The Morgan fingerprint density at radius 1 is 0.905 bits per heavy atom. The van der Waals surface area contributed by atoms with E-state index >= 15 is 4.79 Å². The number of carbonyl (C=O) groups is 2. The number of unbranched alkanes of at least 4 members (excludes halogenated alkanes) is 2. The first-order chi connectivity index (χ1) is 36.2. The number of nitro benzene ring substituents is 1. The fourth-order valence-corrected chi connectivity index (χ4v) is 11.2. The van der Waals surface area contributed by atoms with E-state index in [9.17, 15) is 30.4 Å². The SMILES string of the molecule is C=CCOC12Oc3ccc(Oc4cccc(C=O)c4)cc3C3C(CCCCO)C(CCCCO)C=C(C(=NOCc4ccc([N+](=O)[O-])cc4)CC1N(Cc1cccc4ccccc14)C(=O)c1ccc(C#N)cc1)C32. The van der Waals surface area contributed by atoms with E-state index in [2.05, 4.69) is 18.7 Å². The van der Waals surface area contributed by atoms with Gasteiger partial charge in [0.2, 0.25) is 5.79 Å². The van der Waals surface area contributed by atoms with Crippen molar-refractivity contribution >= 4 is 34.4 Å². The lowest BCUT2D eigenvalue weighted by Gasteiger charge is -2.60. The van der Waals surface area contributed by atoms with Crippen LogP contribution in [0.4, 0.5) is 5.69 Å². The average Bonchev–Trinajstić information content (AvgIpc) is 3.47. The summed E-state index contributed by atoms with van der Waals surface area (Å²) in [5.74, 6) is -1.59. The molecule has 1 heterocycles. The number of nitrogens with zero attached hydrogens (tertiary/aromatic N) is 4. The van der Waals surface area contributed by atoms with Crippen LogP contribution in [0.1, 0.15) is 93.8 Å². The van der Waals surface area contributed by atoms with E-state index < -0.39 is 22.7 Å². The molecule has 6 aromatic carbocycles. The highest BCUT2D eigenvalue weighted by Gasteiger charge is 2.65. The first-order valence-corrected chi connectivity index (χ1v) is 25.1. The Morgan fingerprint density at radius 3 is 2.39 bits per heavy atom. The number of amides is 1. The van der Waals surface area contributed by atoms with Crippen molar-refractivity contribution in [2.24, 2.45) is 22.9 Å². The largest absolute Gasteiger partial charge is 0.459 e. The van der Waals surface area contributed by atoms with E-state index in [0.29, 0.717) is 70.9 Å². The molecule has 0 spiro atoms. The number of aliphatic hydroxyl groups is 2. The predicted molar refractivity (Wildman–Crippen MR) is 280 cm³/mol. The summed E-state index contributed by atoms with van der Waals surface area (Å²) in [6.07, 6.45) is 8.85. The van der Waals surface area contributed by atoms with Crippen LogP contribution < -0.4 is 9.47 Å². The van der Waals surface area contributed by atoms with Gasteiger partial charge in [-0.3, -0.25) is 19.7 Å². The second-order valence-electron chi connectivity index (χ2n) is 19.0. The quantitative estimate of drug-likeness (QED) is 0.0216. The molecule has 14 heteroatoms. The second-order valence-corrected chi connectivity index (χ2v) is 19.0. The lowest BCUT2D eigenvalue weighted by atomic mass is 9.55. The number of carbonyl (C=O) groups excluding carboxylic acids is 2. The Hall–Kier alpha value is -7.96. The molecule has 14 nitrogen and oxygen atoms in total. The summed E-state index contributed by atoms with van der Waals surface area (Å²) in [5.41, 5.74) is 4.91. The van der Waals surface area contributed by atoms with Gasteiger partial charge in [-0.15, -0.1) is 6.58 Å². The van der Waals surface area contributed by atoms with Crippen LogP contribution in [-0.2, 0) is 22.7 Å². The number of aliphatic hydroxyl groups excluding tert-OH is 2. The third kappa shape index (κ3) is 10.7. The molecule has 74 heavy (non-hydrogen) atoms. The molecule has 6 atom stereocenters. The highest BCUT2D eigenvalue weighted by molar-refractivity contribution is 6.03. The number of non-ortho nitro benzene ring substituents is 1. The van der Waals surface area contributed by atoms with E-state index in [0.717, 1.165) is 46.6 Å². The van der Waals surface area contributed by atoms with Gasteiger partial charge >= 0.3 is 0 Å². The molecular weight excluding hydrogens is 937 g/mol. The fraction of sp³-hybridized carbons (Fsp3) is 0.300. The number of oxime groups is 1. The van der Waals surface area contributed by atoms with E-state index in [1.807, 2.05) is 65.6 Å². The maximum atomic E-state index is 15.7. The first kappa shape index (κ1) is 51.0. The number of fused-ring (bicyclic) bond motifs is 3. The van der Waals surface area contributed by atoms with E-state index in [-0.39, 0.29) is 68.7 Å². The van der Waals surface area contributed by atoms with Gasteiger partial charge in [0.25, 0.3) is 11.6 Å². The maximum Gasteiger partial charge on any atom is 0.269 e. The normalized spacial score (nSPS) is 21.0. The standard InChI is InChI=1S/C60H58N4O10/c1-2-31-71-60-56(63(59(68)44-23-19-40(36-61)20-24-44)37-46-15-10-14-43-12-3-4-17-50(43)46)35-54(62-72-39-41-21-25-47(26-22-41)64(69)70)52-33-45(13-5-7-29-65)51(18-6-8-30-66)57(58(52)60)53-34-49(27-28-55(53)74-60)73-48-16-9-11-42(32-48)38-67/h2-4,9-12,14-17,19-28,32-34,38,45,51,56-58,65-66H,1,5-8,13,18,29-31,35,37,39H2. The van der Waals surface area contributed by atoms with Crippen molar-refractivity contribution in [3.63, 3.8) is 0 Å². The summed E-state index contributed by atoms with van der Waals surface area (Å²) in [4.78, 5) is 46.7. The van der Waals surface area contributed by atoms with Gasteiger partial charge in [0.05, 0.1) is 34.8 Å². The Morgan fingerprint density at radius 2 is 1.65 bits per heavy atom. The molecule has 0 aromatic heterocycles. The molecule has 1 amide bonds. The van der Waals surface area contributed by atoms with Gasteiger partial charge in [-0.05, 0) is 132 Å². The number of rotatable bonds is 22. The monoisotopic (exact) mass is 994 g/mol. The number of ether oxygens (including phenoxy) is 3. The van der Waals surface area contributed by atoms with Crippen LogP contribution in [0.3, 0.4) is 0 Å². The number of allylic oxidation sites excluding steroid dienone is 1. The Balaban J connectivity index is 1.28. The summed E-state index contributed by atoms with van der Waals surface area (Å²) in [6, 6.07) is 40.5. The molecule has 6 unspecified atom stereocenters. The van der Waals surface area contributed by atoms with Crippen molar-refractivity contribution in [3.8, 4) is 23.3 Å². The number of nitriles is 1. The zero-order valence-corrected chi connectivity index (χ0v) is 41.0. The number of aldehydes is 1. The molecule has 0 radical (unpaired) electrons. The lowest BCUT2D eigenvalue weighted by molar-refractivity contribution is -0.384. The number of hydrogen-bond acceptors (Lipinski definition) is 12. The molecule has 2 N–H and O–H groups in total. The smallest absolute Gasteiger partial charge is 0.269 e. The van der Waals surface area contributed by atoms with Crippen LogP contribution >= 0.6 is 0 Å². The average molecular weight is 995 g/mol. The minimum absolute atomic E-state index is 0.00934. The molecule has 1 aliphatic heterocycles. The van der Waals surface area contributed by atoms with Gasteiger partial charge in [-0.2, -0.15) is 5.26 Å². The van der Waals surface area contributed by atoms with Crippen LogP contribution in [0.2, 0.25) is 0 Å². The van der Waals surface area contributed by atoms with E-state index in [1.54, 1.807) is 66.7 Å². The van der Waals surface area contributed by atoms with Gasteiger partial charge in [-0.1, -0.05) is 84.7 Å². The predicted octanol–water partition coefficient (Wildman–Crippen LogP) is 11.4. The fourth-order valence-electron chi connectivity index (χ4n) is 11.2. The van der Waals surface area contributed by atoms with Crippen LogP contribution in [0.25, 0.3) is 10.8 Å². The molecule has 0 bridgehead atoms. The van der Waals surface area contributed by atoms with Gasteiger partial charge < -0.3 is 34.2 Å². The molecule has 6 aromatic rings. The van der Waals surface area contributed by atoms with Crippen LogP contribution in [-0.4, -0.2) is 69.6 Å². The third-order valence-electron chi connectivity index (χ3n) is 14.5. The second kappa shape index (κ2) is 23.3. The minimum atomic E-state index is -1.60. The summed E-state index contributed by atoms with van der Waals surface area (Å²) in [6.45, 7) is 4.29. The van der Waals surface area contributed by atoms with Crippen molar-refractivity contribution in [2.45, 2.75) is 75.8 Å². The number of benzene rings is 6. The molecule has 1 fully saturated rings. The van der Waals surface area contributed by atoms with Gasteiger partial charge in [0, 0.05) is 60.9 Å². The molecule has 2 aliphatic carbocycles. The summed E-state index contributed by atoms with van der Waals surface area (Å²) < 4.78 is 21.3. The third-order valence-corrected chi connectivity index (χ3v) is 14.5. The number of hydrogen-bond donors (Lipinski definition) is 2. The molecule has 0 saturated heterocycles. The summed E-state index contributed by atoms with van der Waals surface area (Å²) in [5, 5.41) is 48.4. The Bertz CT molecular complexity index is 3110. The Labute approximate surface area is 429 Å². The zero-order valence-electron chi connectivity index (χ0n) is 41.0. The van der Waals surface area contributed by atoms with Gasteiger partial charge in [-0.25, -0.2) is 0 Å². The first-order valence-electron chi connectivity index (χ1n) is 25.1. The molecule has 378 valence electrons. The van der Waals surface area contributed by atoms with Crippen molar-refractivity contribution in [3.05, 3.63) is 201 Å². The van der Waals surface area contributed by atoms with Crippen molar-refractivity contribution < 1.29 is 43.8 Å². The maximum absolute atomic E-state index is 15.7. The van der Waals surface area contributed by atoms with Crippen molar-refractivity contribution in [1.82, 2.24) is 4.90 Å². The molecule has 3 aliphatic rings. The van der Waals surface area contributed by atoms with Crippen LogP contribution in [0.5, 0.6) is 17.2 Å². The van der Waals surface area contributed by atoms with Gasteiger partial charge in [0.15, 0.2) is 0 Å². The molecular formula is C60H58N4O10. The topological polar surface area (TPSA) is 194 Å². The highest BCUT2D eigenvalue weighted by Crippen LogP contribution is 2.62. The number of nitro groups is 1. The van der Waals surface area contributed by atoms with Crippen molar-refractivity contribution in [2.75, 3.05) is 19.8 Å². The summed E-state index contributed by atoms with van der Waals surface area (Å²) >= 11 is 0. The molecule has 9 rings (SSSR count).